The van der Waals surface area contributed by atoms with Crippen molar-refractivity contribution in [3.63, 3.8) is 0 Å². The summed E-state index contributed by atoms with van der Waals surface area (Å²) < 4.78 is 21.7. The minimum atomic E-state index is 0. The van der Waals surface area contributed by atoms with E-state index in [4.69, 9.17) is 18.9 Å². The maximum absolute atomic E-state index is 5.53. The second-order valence-electron chi connectivity index (χ2n) is 7.52. The summed E-state index contributed by atoms with van der Waals surface area (Å²) in [7, 11) is 8.53. The topological polar surface area (TPSA) is 67.8 Å². The molecule has 0 amide bonds. The Balaban J connectivity index is 0.00000385. The lowest BCUT2D eigenvalue weighted by atomic mass is 10.1. The predicted octanol–water partition coefficient (Wildman–Crippen LogP) is 3.23. The third kappa shape index (κ3) is 7.04. The van der Waals surface area contributed by atoms with Crippen LogP contribution in [-0.2, 0) is 13.1 Å². The first-order valence-corrected chi connectivity index (χ1v) is 10.7. The molecule has 1 N–H and O–H groups in total. The minimum absolute atomic E-state index is 0. The summed E-state index contributed by atoms with van der Waals surface area (Å²) in [4.78, 5) is 9.20. The van der Waals surface area contributed by atoms with E-state index in [1.807, 2.05) is 43.4 Å². The number of halogens is 1. The van der Waals surface area contributed by atoms with Gasteiger partial charge in [-0.05, 0) is 30.3 Å². The SMILES string of the molecule is CN=C(NCc1ccc(OC)cc1OC)N1CCN(Cc2cc(OC)ccc2OC)CC1.I. The first-order valence-electron chi connectivity index (χ1n) is 10.7. The van der Waals surface area contributed by atoms with Crippen LogP contribution in [0.2, 0.25) is 0 Å². The standard InChI is InChI=1S/C24H34N4O4.HI/c1-25-24(26-16-18-6-7-21(30-3)15-23(18)32-5)28-12-10-27(11-13-28)17-19-14-20(29-2)8-9-22(19)31-4;/h6-9,14-15H,10-13,16-17H2,1-5H3,(H,25,26);1H. The van der Waals surface area contributed by atoms with Gasteiger partial charge in [0.1, 0.15) is 23.0 Å². The van der Waals surface area contributed by atoms with Crippen LogP contribution in [0.15, 0.2) is 41.4 Å². The molecule has 1 saturated heterocycles. The lowest BCUT2D eigenvalue weighted by Gasteiger charge is -2.36. The van der Waals surface area contributed by atoms with Gasteiger partial charge in [0.15, 0.2) is 5.96 Å². The van der Waals surface area contributed by atoms with E-state index in [2.05, 4.69) is 20.1 Å². The Labute approximate surface area is 213 Å². The Kier molecular flexibility index (Phi) is 10.9. The molecule has 2 aromatic rings. The molecule has 182 valence electrons. The van der Waals surface area contributed by atoms with E-state index in [0.29, 0.717) is 6.54 Å². The summed E-state index contributed by atoms with van der Waals surface area (Å²) in [5.41, 5.74) is 2.19. The van der Waals surface area contributed by atoms with Crippen molar-refractivity contribution < 1.29 is 18.9 Å². The normalized spacial score (nSPS) is 14.3. The van der Waals surface area contributed by atoms with Gasteiger partial charge in [-0.15, -0.1) is 24.0 Å². The molecular formula is C24H35IN4O4. The molecule has 0 atom stereocenters. The highest BCUT2D eigenvalue weighted by Crippen LogP contribution is 2.26. The van der Waals surface area contributed by atoms with Crippen LogP contribution in [0.5, 0.6) is 23.0 Å². The monoisotopic (exact) mass is 570 g/mol. The fourth-order valence-corrected chi connectivity index (χ4v) is 3.87. The molecule has 0 aromatic heterocycles. The van der Waals surface area contributed by atoms with Crippen molar-refractivity contribution in [3.05, 3.63) is 47.5 Å². The number of ether oxygens (including phenoxy) is 4. The minimum Gasteiger partial charge on any atom is -0.497 e. The summed E-state index contributed by atoms with van der Waals surface area (Å²) in [6.45, 7) is 5.11. The fraction of sp³-hybridized carbons (Fsp3) is 0.458. The van der Waals surface area contributed by atoms with Gasteiger partial charge < -0.3 is 29.2 Å². The van der Waals surface area contributed by atoms with Crippen LogP contribution in [0, 0.1) is 0 Å². The molecule has 1 fully saturated rings. The van der Waals surface area contributed by atoms with Gasteiger partial charge in [-0.25, -0.2) is 0 Å². The molecule has 1 aliphatic rings. The summed E-state index contributed by atoms with van der Waals surface area (Å²) in [5.74, 6) is 4.20. The Morgan fingerprint density at radius 2 is 1.45 bits per heavy atom. The summed E-state index contributed by atoms with van der Waals surface area (Å²) in [5, 5.41) is 3.47. The van der Waals surface area contributed by atoms with Crippen molar-refractivity contribution in [1.29, 1.82) is 0 Å². The van der Waals surface area contributed by atoms with Crippen LogP contribution in [0.3, 0.4) is 0 Å². The number of aliphatic imine (C=N–C) groups is 1. The Hall–Kier alpha value is -2.40. The number of rotatable bonds is 8. The van der Waals surface area contributed by atoms with Crippen molar-refractivity contribution in [2.24, 2.45) is 4.99 Å². The van der Waals surface area contributed by atoms with Crippen LogP contribution in [-0.4, -0.2) is 77.4 Å². The average molecular weight is 570 g/mol. The van der Waals surface area contributed by atoms with Gasteiger partial charge >= 0.3 is 0 Å². The number of hydrogen-bond acceptors (Lipinski definition) is 6. The second kappa shape index (κ2) is 13.3. The number of methoxy groups -OCH3 is 4. The molecule has 1 heterocycles. The maximum Gasteiger partial charge on any atom is 0.194 e. The molecule has 8 nitrogen and oxygen atoms in total. The van der Waals surface area contributed by atoms with E-state index < -0.39 is 0 Å². The van der Waals surface area contributed by atoms with Gasteiger partial charge in [0.2, 0.25) is 0 Å². The number of nitrogens with zero attached hydrogens (tertiary/aromatic N) is 3. The molecule has 0 unspecified atom stereocenters. The van der Waals surface area contributed by atoms with Gasteiger partial charge in [-0.1, -0.05) is 0 Å². The summed E-state index contributed by atoms with van der Waals surface area (Å²) >= 11 is 0. The highest BCUT2D eigenvalue weighted by atomic mass is 127. The Morgan fingerprint density at radius 3 is 2.06 bits per heavy atom. The zero-order valence-electron chi connectivity index (χ0n) is 20.1. The molecule has 0 saturated carbocycles. The predicted molar refractivity (Wildman–Crippen MR) is 142 cm³/mol. The van der Waals surface area contributed by atoms with Crippen molar-refractivity contribution in [1.82, 2.24) is 15.1 Å². The molecule has 9 heteroatoms. The third-order valence-corrected chi connectivity index (χ3v) is 5.70. The molecule has 0 radical (unpaired) electrons. The van der Waals surface area contributed by atoms with E-state index in [1.54, 1.807) is 28.4 Å². The molecule has 0 spiro atoms. The molecule has 2 aromatic carbocycles. The largest absolute Gasteiger partial charge is 0.497 e. The second-order valence-corrected chi connectivity index (χ2v) is 7.52. The van der Waals surface area contributed by atoms with Gasteiger partial charge in [-0.3, -0.25) is 9.89 Å². The number of benzene rings is 2. The van der Waals surface area contributed by atoms with Crippen molar-refractivity contribution >= 4 is 29.9 Å². The van der Waals surface area contributed by atoms with Gasteiger partial charge in [0.25, 0.3) is 0 Å². The number of hydrogen-bond donors (Lipinski definition) is 1. The fourth-order valence-electron chi connectivity index (χ4n) is 3.87. The van der Waals surface area contributed by atoms with Crippen LogP contribution >= 0.6 is 24.0 Å². The molecular weight excluding hydrogens is 535 g/mol. The molecule has 33 heavy (non-hydrogen) atoms. The van der Waals surface area contributed by atoms with Gasteiger partial charge in [0.05, 0.1) is 28.4 Å². The Morgan fingerprint density at radius 1 is 0.818 bits per heavy atom. The van der Waals surface area contributed by atoms with E-state index >= 15 is 0 Å². The average Bonchev–Trinajstić information content (AvgIpc) is 2.85. The lowest BCUT2D eigenvalue weighted by Crippen LogP contribution is -2.52. The van der Waals surface area contributed by atoms with Crippen LogP contribution in [0.1, 0.15) is 11.1 Å². The zero-order valence-corrected chi connectivity index (χ0v) is 22.4. The third-order valence-electron chi connectivity index (χ3n) is 5.70. The first kappa shape index (κ1) is 26.8. The van der Waals surface area contributed by atoms with Crippen LogP contribution < -0.4 is 24.3 Å². The zero-order chi connectivity index (χ0) is 22.9. The van der Waals surface area contributed by atoms with Crippen molar-refractivity contribution in [2.45, 2.75) is 13.1 Å². The first-order chi connectivity index (χ1) is 15.6. The maximum atomic E-state index is 5.53. The van der Waals surface area contributed by atoms with E-state index in [9.17, 15) is 0 Å². The smallest absolute Gasteiger partial charge is 0.194 e. The van der Waals surface area contributed by atoms with Crippen LogP contribution in [0.4, 0.5) is 0 Å². The molecule has 1 aliphatic heterocycles. The highest BCUT2D eigenvalue weighted by Gasteiger charge is 2.21. The van der Waals surface area contributed by atoms with Gasteiger partial charge in [0, 0.05) is 63.5 Å². The molecule has 3 rings (SSSR count). The van der Waals surface area contributed by atoms with Crippen molar-refractivity contribution in [3.8, 4) is 23.0 Å². The quantitative estimate of drug-likeness (QED) is 0.297. The van der Waals surface area contributed by atoms with E-state index in [0.717, 1.165) is 72.8 Å². The van der Waals surface area contributed by atoms with E-state index in [1.165, 1.54) is 0 Å². The lowest BCUT2D eigenvalue weighted by molar-refractivity contribution is 0.171. The van der Waals surface area contributed by atoms with Crippen LogP contribution in [0.25, 0.3) is 0 Å². The number of nitrogens with one attached hydrogen (secondary N) is 1. The van der Waals surface area contributed by atoms with Gasteiger partial charge in [-0.2, -0.15) is 0 Å². The number of piperazine rings is 1. The molecule has 0 aliphatic carbocycles. The highest BCUT2D eigenvalue weighted by molar-refractivity contribution is 14.0. The summed E-state index contributed by atoms with van der Waals surface area (Å²) in [6.07, 6.45) is 0. The Bertz CT molecular complexity index is 917. The summed E-state index contributed by atoms with van der Waals surface area (Å²) in [6, 6.07) is 11.8. The molecule has 0 bridgehead atoms. The van der Waals surface area contributed by atoms with Crippen molar-refractivity contribution in [2.75, 3.05) is 61.7 Å². The van der Waals surface area contributed by atoms with E-state index in [-0.39, 0.29) is 24.0 Å². The number of guanidine groups is 1.